The molecule has 0 radical (unpaired) electrons. The molecular weight excluding hydrogens is 484 g/mol. The third-order valence-electron chi connectivity index (χ3n) is 5.94. The van der Waals surface area contributed by atoms with E-state index in [1.54, 1.807) is 22.8 Å². The van der Waals surface area contributed by atoms with Crippen molar-refractivity contribution in [1.82, 2.24) is 24.5 Å². The molecule has 178 valence electrons. The van der Waals surface area contributed by atoms with Gasteiger partial charge in [-0.2, -0.15) is 0 Å². The summed E-state index contributed by atoms with van der Waals surface area (Å²) in [4.78, 5) is 17.5. The third-order valence-corrected chi connectivity index (χ3v) is 7.09. The van der Waals surface area contributed by atoms with E-state index in [9.17, 15) is 10.2 Å². The fraction of sp³-hybridized carbons (Fsp3) is 0.429. The summed E-state index contributed by atoms with van der Waals surface area (Å²) in [5.41, 5.74) is 2.33. The monoisotopic (exact) mass is 504 g/mol. The van der Waals surface area contributed by atoms with Crippen LogP contribution in [0.15, 0.2) is 40.5 Å². The van der Waals surface area contributed by atoms with Gasteiger partial charge in [-0.1, -0.05) is 23.4 Å². The quantitative estimate of drug-likeness (QED) is 0.333. The summed E-state index contributed by atoms with van der Waals surface area (Å²) in [7, 11) is 0. The summed E-state index contributed by atoms with van der Waals surface area (Å²) >= 11 is 7.29. The number of ether oxygens (including phenoxy) is 2. The van der Waals surface area contributed by atoms with Gasteiger partial charge in [-0.05, 0) is 18.6 Å². The molecule has 0 amide bonds. The van der Waals surface area contributed by atoms with Gasteiger partial charge in [0, 0.05) is 23.4 Å². The number of benzene rings is 1. The van der Waals surface area contributed by atoms with Crippen molar-refractivity contribution in [2.45, 2.75) is 42.2 Å². The summed E-state index contributed by atoms with van der Waals surface area (Å²) in [5.74, 6) is 0.918. The number of nitrogens with zero attached hydrogens (tertiary/aromatic N) is 5. The van der Waals surface area contributed by atoms with Gasteiger partial charge in [0.25, 0.3) is 5.22 Å². The van der Waals surface area contributed by atoms with Crippen LogP contribution >= 0.6 is 23.4 Å². The molecular formula is C21H21ClN6O5S. The number of aliphatic hydroxyl groups is 2. The van der Waals surface area contributed by atoms with Crippen LogP contribution in [0.2, 0.25) is 5.02 Å². The first-order valence-corrected chi connectivity index (χ1v) is 12.2. The number of nitrogens with one attached hydrogen (secondary N) is 1. The van der Waals surface area contributed by atoms with E-state index in [4.69, 9.17) is 25.5 Å². The molecule has 2 aliphatic rings. The summed E-state index contributed by atoms with van der Waals surface area (Å²) in [5, 5.41) is 25.7. The van der Waals surface area contributed by atoms with Gasteiger partial charge in [-0.25, -0.2) is 19.9 Å². The largest absolute Gasteiger partial charge is 0.431 e. The minimum atomic E-state index is -1.17. The van der Waals surface area contributed by atoms with Crippen molar-refractivity contribution in [2.75, 3.05) is 24.3 Å². The van der Waals surface area contributed by atoms with Gasteiger partial charge in [0.1, 0.15) is 24.1 Å². The van der Waals surface area contributed by atoms with Crippen LogP contribution in [0, 0.1) is 0 Å². The second kappa shape index (κ2) is 8.95. The van der Waals surface area contributed by atoms with E-state index in [-0.39, 0.29) is 6.04 Å². The van der Waals surface area contributed by atoms with Crippen LogP contribution in [0.4, 0.5) is 5.82 Å². The number of fused-ring (bicyclic) bond motifs is 2. The fourth-order valence-electron chi connectivity index (χ4n) is 4.17. The van der Waals surface area contributed by atoms with Crippen LogP contribution in [0.1, 0.15) is 12.6 Å². The Hall–Kier alpha value is -2.48. The molecule has 0 aliphatic carbocycles. The highest BCUT2D eigenvalue weighted by Gasteiger charge is 2.44. The van der Waals surface area contributed by atoms with Crippen LogP contribution < -0.4 is 5.32 Å². The van der Waals surface area contributed by atoms with E-state index in [1.807, 2.05) is 0 Å². The zero-order valence-corrected chi connectivity index (χ0v) is 19.3. The van der Waals surface area contributed by atoms with Crippen LogP contribution in [0.5, 0.6) is 0 Å². The molecule has 5 atom stereocenters. The minimum Gasteiger partial charge on any atom is -0.431 e. The fourth-order valence-corrected chi connectivity index (χ4v) is 5.23. The molecule has 13 heteroatoms. The number of anilines is 1. The molecule has 2 fully saturated rings. The first kappa shape index (κ1) is 22.0. The molecule has 5 heterocycles. The maximum Gasteiger partial charge on any atom is 0.256 e. The number of thioether (sulfide) groups is 1. The summed E-state index contributed by atoms with van der Waals surface area (Å²) in [6, 6.07) is 5.37. The lowest BCUT2D eigenvalue weighted by Gasteiger charge is -2.17. The lowest BCUT2D eigenvalue weighted by molar-refractivity contribution is -0.0289. The van der Waals surface area contributed by atoms with E-state index in [0.717, 1.165) is 6.42 Å². The van der Waals surface area contributed by atoms with E-state index < -0.39 is 24.5 Å². The number of hydrogen-bond acceptors (Lipinski definition) is 11. The maximum atomic E-state index is 10.7. The molecule has 2 aliphatic heterocycles. The normalized spacial score (nSPS) is 27.2. The molecule has 0 spiro atoms. The van der Waals surface area contributed by atoms with Crippen molar-refractivity contribution in [3.8, 4) is 0 Å². The van der Waals surface area contributed by atoms with Crippen molar-refractivity contribution >= 4 is 51.4 Å². The van der Waals surface area contributed by atoms with E-state index in [0.29, 0.717) is 57.3 Å². The smallest absolute Gasteiger partial charge is 0.256 e. The van der Waals surface area contributed by atoms with Crippen molar-refractivity contribution < 1.29 is 24.1 Å². The van der Waals surface area contributed by atoms with Crippen LogP contribution in [-0.2, 0) is 9.47 Å². The van der Waals surface area contributed by atoms with Gasteiger partial charge in [-0.3, -0.25) is 4.57 Å². The van der Waals surface area contributed by atoms with Gasteiger partial charge in [0.2, 0.25) is 0 Å². The SMILES string of the molecule is O[C@@H]1[C@@H](CSc2nc3ccc(Cl)cc3o2)OC(n2cnc3c(NC4CCOC4)ncnc32)[C@@H]1O. The van der Waals surface area contributed by atoms with Crippen molar-refractivity contribution in [1.29, 1.82) is 0 Å². The number of hydrogen-bond donors (Lipinski definition) is 3. The second-order valence-electron chi connectivity index (χ2n) is 8.20. The van der Waals surface area contributed by atoms with Crippen LogP contribution in [0.3, 0.4) is 0 Å². The molecule has 1 aromatic carbocycles. The number of imidazole rings is 1. The summed E-state index contributed by atoms with van der Waals surface area (Å²) in [6.07, 6.45) is 0.0696. The molecule has 34 heavy (non-hydrogen) atoms. The predicted molar refractivity (Wildman–Crippen MR) is 124 cm³/mol. The van der Waals surface area contributed by atoms with Crippen LogP contribution in [0.25, 0.3) is 22.3 Å². The van der Waals surface area contributed by atoms with Crippen molar-refractivity contribution in [2.24, 2.45) is 0 Å². The van der Waals surface area contributed by atoms with E-state index in [1.165, 1.54) is 24.4 Å². The molecule has 2 unspecified atom stereocenters. The zero-order valence-electron chi connectivity index (χ0n) is 17.7. The Bertz CT molecular complexity index is 1330. The Kier molecular flexibility index (Phi) is 5.79. The average Bonchev–Trinajstić information content (AvgIpc) is 3.61. The molecule has 3 N–H and O–H groups in total. The molecule has 11 nitrogen and oxygen atoms in total. The lowest BCUT2D eigenvalue weighted by Crippen LogP contribution is -2.32. The number of halogens is 1. The van der Waals surface area contributed by atoms with Gasteiger partial charge in [0.15, 0.2) is 28.8 Å². The first-order valence-electron chi connectivity index (χ1n) is 10.8. The lowest BCUT2D eigenvalue weighted by atomic mass is 10.1. The summed E-state index contributed by atoms with van der Waals surface area (Å²) in [6.45, 7) is 1.31. The Balaban J connectivity index is 1.19. The third kappa shape index (κ3) is 4.00. The Morgan fingerprint density at radius 3 is 2.97 bits per heavy atom. The average molecular weight is 505 g/mol. The predicted octanol–water partition coefficient (Wildman–Crippen LogP) is 2.23. The topological polar surface area (TPSA) is 141 Å². The van der Waals surface area contributed by atoms with Gasteiger partial charge < -0.3 is 29.4 Å². The Morgan fingerprint density at radius 1 is 1.21 bits per heavy atom. The highest BCUT2D eigenvalue weighted by molar-refractivity contribution is 7.99. The Morgan fingerprint density at radius 2 is 2.12 bits per heavy atom. The first-order chi connectivity index (χ1) is 16.6. The van der Waals surface area contributed by atoms with Crippen molar-refractivity contribution in [3.05, 3.63) is 35.9 Å². The number of aliphatic hydroxyl groups excluding tert-OH is 2. The molecule has 0 saturated carbocycles. The van der Waals surface area contributed by atoms with Gasteiger partial charge >= 0.3 is 0 Å². The molecule has 4 aromatic rings. The minimum absolute atomic E-state index is 0.155. The summed E-state index contributed by atoms with van der Waals surface area (Å²) < 4.78 is 18.8. The van der Waals surface area contributed by atoms with Crippen molar-refractivity contribution in [3.63, 3.8) is 0 Å². The highest BCUT2D eigenvalue weighted by Crippen LogP contribution is 2.35. The van der Waals surface area contributed by atoms with E-state index in [2.05, 4.69) is 25.3 Å². The maximum absolute atomic E-state index is 10.7. The number of oxazole rings is 1. The second-order valence-corrected chi connectivity index (χ2v) is 9.61. The molecule has 6 rings (SSSR count). The standard InChI is InChI=1S/C21H21ClN6O5S/c22-10-1-2-12-13(5-10)33-21(27-12)34-7-14-16(29)17(30)20(32-14)28-9-25-15-18(23-8-24-19(15)28)26-11-3-4-31-6-11/h1-2,5,8-9,11,14,16-17,20,29-30H,3-4,6-7H2,(H,23,24,26)/t11?,14-,16-,17-,20?/m1/s1. The van der Waals surface area contributed by atoms with Gasteiger partial charge in [0.05, 0.1) is 25.1 Å². The van der Waals surface area contributed by atoms with E-state index >= 15 is 0 Å². The Labute approximate surface area is 202 Å². The van der Waals surface area contributed by atoms with Crippen LogP contribution in [-0.4, -0.2) is 78.0 Å². The molecule has 3 aromatic heterocycles. The molecule has 2 saturated heterocycles. The zero-order chi connectivity index (χ0) is 23.2. The van der Waals surface area contributed by atoms with Gasteiger partial charge in [-0.15, -0.1) is 0 Å². The number of rotatable bonds is 6. The molecule has 0 bridgehead atoms. The highest BCUT2D eigenvalue weighted by atomic mass is 35.5. The number of aromatic nitrogens is 5.